The third-order valence-corrected chi connectivity index (χ3v) is 2.23. The van der Waals surface area contributed by atoms with Gasteiger partial charge >= 0.3 is 0 Å². The summed E-state index contributed by atoms with van der Waals surface area (Å²) in [6, 6.07) is 4.46. The van der Waals surface area contributed by atoms with Gasteiger partial charge in [-0.05, 0) is 24.3 Å². The van der Waals surface area contributed by atoms with Gasteiger partial charge in [0.2, 0.25) is 34.8 Å². The molecule has 0 fully saturated rings. The van der Waals surface area contributed by atoms with Crippen LogP contribution in [0.3, 0.4) is 0 Å². The minimum Gasteiger partial charge on any atom is -0.508 e. The summed E-state index contributed by atoms with van der Waals surface area (Å²) < 4.78 is 69.7. The van der Waals surface area contributed by atoms with E-state index < -0.39 is 34.8 Å². The van der Waals surface area contributed by atoms with E-state index in [9.17, 15) is 22.0 Å². The van der Waals surface area contributed by atoms with Gasteiger partial charge in [-0.15, -0.1) is 0 Å². The molecule has 1 N–H and O–H groups in total. The van der Waals surface area contributed by atoms with Crippen LogP contribution in [0, 0.1) is 29.1 Å². The fourth-order valence-corrected chi connectivity index (χ4v) is 1.31. The van der Waals surface area contributed by atoms with Gasteiger partial charge < -0.3 is 9.84 Å². The number of aromatic hydroxyl groups is 1. The van der Waals surface area contributed by atoms with Crippen molar-refractivity contribution in [3.05, 3.63) is 53.4 Å². The molecule has 100 valence electrons. The molecule has 0 radical (unpaired) electrons. The van der Waals surface area contributed by atoms with Crippen LogP contribution in [-0.4, -0.2) is 5.11 Å². The zero-order valence-corrected chi connectivity index (χ0v) is 9.05. The normalized spacial score (nSPS) is 10.6. The van der Waals surface area contributed by atoms with E-state index in [4.69, 9.17) is 5.11 Å². The largest absolute Gasteiger partial charge is 0.508 e. The Morgan fingerprint density at radius 3 is 1.58 bits per heavy atom. The van der Waals surface area contributed by atoms with Crippen LogP contribution in [0.25, 0.3) is 0 Å². The molecule has 2 nitrogen and oxygen atoms in total. The summed E-state index contributed by atoms with van der Waals surface area (Å²) in [6.07, 6.45) is 0. The highest BCUT2D eigenvalue weighted by molar-refractivity contribution is 5.37. The Labute approximate surface area is 103 Å². The van der Waals surface area contributed by atoms with E-state index in [0.717, 1.165) is 24.3 Å². The number of halogens is 5. The van der Waals surface area contributed by atoms with Gasteiger partial charge in [-0.2, -0.15) is 8.78 Å². The molecule has 2 aromatic rings. The number of benzene rings is 2. The lowest BCUT2D eigenvalue weighted by molar-refractivity contribution is 0.332. The van der Waals surface area contributed by atoms with Crippen LogP contribution in [0.5, 0.6) is 17.2 Å². The average molecular weight is 276 g/mol. The second kappa shape index (κ2) is 4.75. The maximum Gasteiger partial charge on any atom is 0.207 e. The molecule has 0 saturated heterocycles. The molecular formula is C12H5F5O2. The second-order valence-corrected chi connectivity index (χ2v) is 3.49. The first kappa shape index (κ1) is 13.1. The Kier molecular flexibility index (Phi) is 3.28. The molecule has 2 aromatic carbocycles. The van der Waals surface area contributed by atoms with Crippen LogP contribution in [0.1, 0.15) is 0 Å². The zero-order chi connectivity index (χ0) is 14.2. The molecular weight excluding hydrogens is 271 g/mol. The van der Waals surface area contributed by atoms with Crippen molar-refractivity contribution in [1.29, 1.82) is 0 Å². The minimum atomic E-state index is -2.26. The number of rotatable bonds is 2. The van der Waals surface area contributed by atoms with Crippen molar-refractivity contribution < 1.29 is 31.8 Å². The van der Waals surface area contributed by atoms with Gasteiger partial charge in [0.05, 0.1) is 0 Å². The van der Waals surface area contributed by atoms with Crippen molar-refractivity contribution in [1.82, 2.24) is 0 Å². The first-order chi connectivity index (χ1) is 8.91. The fraction of sp³-hybridized carbons (Fsp3) is 0. The summed E-state index contributed by atoms with van der Waals surface area (Å²) in [5, 5.41) is 8.98. The molecule has 0 bridgehead atoms. The molecule has 2 rings (SSSR count). The molecule has 0 unspecified atom stereocenters. The van der Waals surface area contributed by atoms with Crippen LogP contribution < -0.4 is 4.74 Å². The number of phenolic OH excluding ortho intramolecular Hbond substituents is 1. The van der Waals surface area contributed by atoms with Crippen molar-refractivity contribution in [3.63, 3.8) is 0 Å². The van der Waals surface area contributed by atoms with E-state index in [-0.39, 0.29) is 11.5 Å². The van der Waals surface area contributed by atoms with Gasteiger partial charge in [-0.1, -0.05) is 0 Å². The van der Waals surface area contributed by atoms with E-state index in [1.54, 1.807) is 0 Å². The van der Waals surface area contributed by atoms with Gasteiger partial charge in [0, 0.05) is 0 Å². The molecule has 0 aromatic heterocycles. The Morgan fingerprint density at radius 1 is 0.684 bits per heavy atom. The van der Waals surface area contributed by atoms with Crippen molar-refractivity contribution in [2.24, 2.45) is 0 Å². The van der Waals surface area contributed by atoms with Gasteiger partial charge in [-0.25, -0.2) is 13.2 Å². The van der Waals surface area contributed by atoms with E-state index in [1.807, 2.05) is 0 Å². The SMILES string of the molecule is Oc1ccc(Oc2c(F)c(F)c(F)c(F)c2F)cc1. The van der Waals surface area contributed by atoms with Crippen LogP contribution in [0.4, 0.5) is 22.0 Å². The third-order valence-electron chi connectivity index (χ3n) is 2.23. The monoisotopic (exact) mass is 276 g/mol. The van der Waals surface area contributed by atoms with Gasteiger partial charge in [0.1, 0.15) is 11.5 Å². The lowest BCUT2D eigenvalue weighted by Crippen LogP contribution is -2.04. The Balaban J connectivity index is 2.48. The first-order valence-corrected chi connectivity index (χ1v) is 4.90. The molecule has 0 spiro atoms. The summed E-state index contributed by atoms with van der Waals surface area (Å²) in [5.41, 5.74) is 0. The first-order valence-electron chi connectivity index (χ1n) is 4.90. The predicted molar refractivity (Wildman–Crippen MR) is 54.4 cm³/mol. The second-order valence-electron chi connectivity index (χ2n) is 3.49. The topological polar surface area (TPSA) is 29.5 Å². The molecule has 0 aliphatic heterocycles. The van der Waals surface area contributed by atoms with Gasteiger partial charge in [-0.3, -0.25) is 0 Å². The quantitative estimate of drug-likeness (QED) is 0.512. The summed E-state index contributed by atoms with van der Waals surface area (Å²) in [5.74, 6) is -12.3. The lowest BCUT2D eigenvalue weighted by atomic mass is 10.2. The highest BCUT2D eigenvalue weighted by atomic mass is 19.2. The molecule has 0 saturated carbocycles. The molecule has 0 amide bonds. The summed E-state index contributed by atoms with van der Waals surface area (Å²) in [4.78, 5) is 0. The van der Waals surface area contributed by atoms with Crippen molar-refractivity contribution in [3.8, 4) is 17.2 Å². The number of ether oxygens (including phenoxy) is 1. The molecule has 0 aliphatic carbocycles. The molecule has 0 atom stereocenters. The summed E-state index contributed by atoms with van der Waals surface area (Å²) >= 11 is 0. The molecule has 0 heterocycles. The van der Waals surface area contributed by atoms with Crippen LogP contribution >= 0.6 is 0 Å². The van der Waals surface area contributed by atoms with Crippen molar-refractivity contribution in [2.45, 2.75) is 0 Å². The summed E-state index contributed by atoms with van der Waals surface area (Å²) in [6.45, 7) is 0. The lowest BCUT2D eigenvalue weighted by Gasteiger charge is -2.09. The smallest absolute Gasteiger partial charge is 0.207 e. The van der Waals surface area contributed by atoms with Crippen LogP contribution in [0.15, 0.2) is 24.3 Å². The number of phenols is 1. The molecule has 0 aliphatic rings. The maximum atomic E-state index is 13.3. The predicted octanol–water partition coefficient (Wildman–Crippen LogP) is 3.88. The van der Waals surface area contributed by atoms with Crippen LogP contribution in [0.2, 0.25) is 0 Å². The minimum absolute atomic E-state index is 0.148. The Bertz CT molecular complexity index is 596. The Hall–Kier alpha value is -2.31. The van der Waals surface area contributed by atoms with E-state index in [2.05, 4.69) is 4.74 Å². The zero-order valence-electron chi connectivity index (χ0n) is 9.05. The maximum absolute atomic E-state index is 13.3. The highest BCUT2D eigenvalue weighted by Gasteiger charge is 2.27. The summed E-state index contributed by atoms with van der Waals surface area (Å²) in [7, 11) is 0. The standard InChI is InChI=1S/C12H5F5O2/c13-7-8(14)10(16)12(11(17)9(7)15)19-6-3-1-5(18)2-4-6/h1-4,18H. The van der Waals surface area contributed by atoms with Gasteiger partial charge in [0.15, 0.2) is 0 Å². The molecule has 7 heteroatoms. The number of hydrogen-bond donors (Lipinski definition) is 1. The Morgan fingerprint density at radius 2 is 1.11 bits per heavy atom. The van der Waals surface area contributed by atoms with Crippen LogP contribution in [-0.2, 0) is 0 Å². The van der Waals surface area contributed by atoms with Gasteiger partial charge in [0.25, 0.3) is 0 Å². The number of hydrogen-bond acceptors (Lipinski definition) is 2. The van der Waals surface area contributed by atoms with Crippen molar-refractivity contribution in [2.75, 3.05) is 0 Å². The fourth-order valence-electron chi connectivity index (χ4n) is 1.31. The third kappa shape index (κ3) is 2.31. The van der Waals surface area contributed by atoms with E-state index in [1.165, 1.54) is 0 Å². The molecule has 19 heavy (non-hydrogen) atoms. The average Bonchev–Trinajstić information content (AvgIpc) is 2.41. The van der Waals surface area contributed by atoms with Crippen molar-refractivity contribution >= 4 is 0 Å². The highest BCUT2D eigenvalue weighted by Crippen LogP contribution is 2.32. The van der Waals surface area contributed by atoms with E-state index in [0.29, 0.717) is 0 Å². The van der Waals surface area contributed by atoms with E-state index >= 15 is 0 Å².